The van der Waals surface area contributed by atoms with E-state index in [1.165, 1.54) is 0 Å². The monoisotopic (exact) mass is 349 g/mol. The molecule has 0 aliphatic heterocycles. The molecule has 0 spiro atoms. The number of ether oxygens (including phenoxy) is 1. The van der Waals surface area contributed by atoms with Crippen LogP contribution in [0.3, 0.4) is 0 Å². The number of amides is 2. The van der Waals surface area contributed by atoms with Crippen molar-refractivity contribution < 1.29 is 39.2 Å². The van der Waals surface area contributed by atoms with Gasteiger partial charge in [-0.3, -0.25) is 14.4 Å². The maximum Gasteiger partial charge on any atom is 0.306 e. The smallest absolute Gasteiger partial charge is 0.306 e. The first kappa shape index (κ1) is 21.9. The quantitative estimate of drug-likeness (QED) is 0.158. The zero-order valence-electron chi connectivity index (χ0n) is 13.1. The number of nitrogens with two attached hydrogens (primary N) is 2. The van der Waals surface area contributed by atoms with Gasteiger partial charge in [0.15, 0.2) is 6.10 Å². The van der Waals surface area contributed by atoms with Gasteiger partial charge >= 0.3 is 5.97 Å². The summed E-state index contributed by atoms with van der Waals surface area (Å²) >= 11 is 0. The predicted molar refractivity (Wildman–Crippen MR) is 79.1 cm³/mol. The molecule has 0 radical (unpaired) electrons. The number of primary amides is 1. The van der Waals surface area contributed by atoms with E-state index in [0.29, 0.717) is 0 Å². The van der Waals surface area contributed by atoms with Gasteiger partial charge in [-0.25, -0.2) is 0 Å². The molecule has 0 saturated heterocycles. The molecule has 0 aliphatic rings. The van der Waals surface area contributed by atoms with Crippen molar-refractivity contribution in [2.24, 2.45) is 11.5 Å². The van der Waals surface area contributed by atoms with E-state index in [9.17, 15) is 29.4 Å². The van der Waals surface area contributed by atoms with Crippen LogP contribution in [-0.4, -0.2) is 76.4 Å². The Morgan fingerprint density at radius 3 is 2.29 bits per heavy atom. The first-order valence-electron chi connectivity index (χ1n) is 7.07. The first-order chi connectivity index (χ1) is 11.1. The fraction of sp³-hybridized carbons (Fsp3) is 0.692. The van der Waals surface area contributed by atoms with Crippen LogP contribution < -0.4 is 16.8 Å². The Labute approximate surface area is 137 Å². The number of aliphatic hydroxyl groups is 3. The van der Waals surface area contributed by atoms with Crippen LogP contribution in [0.2, 0.25) is 0 Å². The van der Waals surface area contributed by atoms with Crippen LogP contribution in [0.5, 0.6) is 0 Å². The highest BCUT2D eigenvalue weighted by atomic mass is 16.6. The van der Waals surface area contributed by atoms with Gasteiger partial charge in [0.1, 0.15) is 24.5 Å². The van der Waals surface area contributed by atoms with Gasteiger partial charge in [-0.15, -0.1) is 0 Å². The predicted octanol–water partition coefficient (Wildman–Crippen LogP) is -4.09. The largest absolute Gasteiger partial charge is 0.457 e. The lowest BCUT2D eigenvalue weighted by molar-refractivity contribution is -0.166. The van der Waals surface area contributed by atoms with Crippen molar-refractivity contribution in [3.8, 4) is 0 Å². The molecule has 0 bridgehead atoms. The number of aliphatic hydroxyl groups excluding tert-OH is 3. The lowest BCUT2D eigenvalue weighted by Crippen LogP contribution is -2.55. The molecule has 24 heavy (non-hydrogen) atoms. The lowest BCUT2D eigenvalue weighted by Gasteiger charge is -2.30. The fourth-order valence-electron chi connectivity index (χ4n) is 1.74. The Morgan fingerprint density at radius 1 is 1.29 bits per heavy atom. The third-order valence-electron chi connectivity index (χ3n) is 3.08. The van der Waals surface area contributed by atoms with Gasteiger partial charge < -0.3 is 41.6 Å². The molecule has 11 heteroatoms. The van der Waals surface area contributed by atoms with Gasteiger partial charge in [-0.1, -0.05) is 0 Å². The molecule has 0 fully saturated rings. The first-order valence-corrected chi connectivity index (χ1v) is 7.07. The summed E-state index contributed by atoms with van der Waals surface area (Å²) in [6.07, 6.45) is -5.48. The Morgan fingerprint density at radius 2 is 1.88 bits per heavy atom. The zero-order valence-corrected chi connectivity index (χ0v) is 13.1. The molecule has 0 aromatic heterocycles. The van der Waals surface area contributed by atoms with E-state index >= 15 is 0 Å². The number of hydrogen-bond acceptors (Lipinski definition) is 9. The molecule has 0 aromatic carbocycles. The van der Waals surface area contributed by atoms with Crippen LogP contribution in [0.1, 0.15) is 19.8 Å². The third-order valence-corrected chi connectivity index (χ3v) is 3.08. The van der Waals surface area contributed by atoms with E-state index in [1.54, 1.807) is 0 Å². The van der Waals surface area contributed by atoms with Gasteiger partial charge in [0.05, 0.1) is 12.6 Å². The van der Waals surface area contributed by atoms with Gasteiger partial charge in [-0.05, 0) is 6.42 Å². The number of rotatable bonds is 11. The Bertz CT molecular complexity index is 458. The second-order valence-corrected chi connectivity index (χ2v) is 5.10. The van der Waals surface area contributed by atoms with Crippen LogP contribution in [0.15, 0.2) is 0 Å². The van der Waals surface area contributed by atoms with E-state index in [0.717, 1.165) is 6.92 Å². The van der Waals surface area contributed by atoms with Crippen LogP contribution >= 0.6 is 0 Å². The summed E-state index contributed by atoms with van der Waals surface area (Å²) in [6.45, 7) is 0.226. The van der Waals surface area contributed by atoms with Crippen molar-refractivity contribution in [3.63, 3.8) is 0 Å². The highest BCUT2D eigenvalue weighted by Gasteiger charge is 2.36. The van der Waals surface area contributed by atoms with Crippen molar-refractivity contribution in [2.45, 2.75) is 50.2 Å². The van der Waals surface area contributed by atoms with Crippen LogP contribution in [0.25, 0.3) is 0 Å². The number of aldehydes is 1. The lowest BCUT2D eigenvalue weighted by atomic mass is 10.0. The SMILES string of the molecule is CC(=O)N[C@@H](C=O)[C@@H](OC(=O)CC[C@@H](N)C(N)=O)[C@H](O)[C@H](O)CO. The van der Waals surface area contributed by atoms with Crippen molar-refractivity contribution >= 4 is 24.1 Å². The topological polar surface area (TPSA) is 202 Å². The fourth-order valence-corrected chi connectivity index (χ4v) is 1.74. The highest BCUT2D eigenvalue weighted by Crippen LogP contribution is 2.11. The van der Waals surface area contributed by atoms with Crippen LogP contribution in [0.4, 0.5) is 0 Å². The minimum Gasteiger partial charge on any atom is -0.457 e. The van der Waals surface area contributed by atoms with Crippen molar-refractivity contribution in [1.82, 2.24) is 5.32 Å². The molecule has 0 aromatic rings. The Hall–Kier alpha value is -2.08. The normalized spacial score (nSPS) is 17.0. The maximum absolute atomic E-state index is 11.8. The molecule has 8 N–H and O–H groups in total. The molecule has 11 nitrogen and oxygen atoms in total. The second kappa shape index (κ2) is 10.6. The van der Waals surface area contributed by atoms with E-state index in [4.69, 9.17) is 21.3 Å². The number of nitrogens with one attached hydrogen (secondary N) is 1. The summed E-state index contributed by atoms with van der Waals surface area (Å²) in [5.74, 6) is -2.41. The summed E-state index contributed by atoms with van der Waals surface area (Å²) in [4.78, 5) is 44.8. The standard InChI is InChI=1S/C13H23N3O8/c1-6(19)16-8(4-17)12(11(22)9(20)5-18)24-10(21)3-2-7(14)13(15)23/h4,7-9,11-12,18,20,22H,2-3,5,14H2,1H3,(H2,15,23)(H,16,19)/t7-,8+,9-,11-,12-/m1/s1. The summed E-state index contributed by atoms with van der Waals surface area (Å²) in [6, 6.07) is -2.53. The molecule has 5 atom stereocenters. The van der Waals surface area contributed by atoms with Crippen LogP contribution in [-0.2, 0) is 23.9 Å². The summed E-state index contributed by atoms with van der Waals surface area (Å²) in [5, 5.41) is 30.4. The zero-order chi connectivity index (χ0) is 18.9. The van der Waals surface area contributed by atoms with Gasteiger partial charge in [0.25, 0.3) is 0 Å². The third kappa shape index (κ3) is 7.46. The Kier molecular flexibility index (Phi) is 9.73. The molecule has 138 valence electrons. The van der Waals surface area contributed by atoms with Crippen molar-refractivity contribution in [1.29, 1.82) is 0 Å². The maximum atomic E-state index is 11.8. The molecule has 0 heterocycles. The highest BCUT2D eigenvalue weighted by molar-refractivity contribution is 5.80. The van der Waals surface area contributed by atoms with Gasteiger partial charge in [0, 0.05) is 13.3 Å². The average Bonchev–Trinajstić information content (AvgIpc) is 2.53. The number of carbonyl (C=O) groups excluding carboxylic acids is 4. The van der Waals surface area contributed by atoms with Gasteiger partial charge in [0.2, 0.25) is 11.8 Å². The summed E-state index contributed by atoms with van der Waals surface area (Å²) in [5.41, 5.74) is 10.3. The van der Waals surface area contributed by atoms with E-state index in [1.807, 2.05) is 0 Å². The molecule has 2 amide bonds. The van der Waals surface area contributed by atoms with Crippen molar-refractivity contribution in [3.05, 3.63) is 0 Å². The number of esters is 1. The summed E-state index contributed by atoms with van der Waals surface area (Å²) < 4.78 is 4.91. The van der Waals surface area contributed by atoms with Gasteiger partial charge in [-0.2, -0.15) is 0 Å². The van der Waals surface area contributed by atoms with E-state index < -0.39 is 54.8 Å². The molecular formula is C13H23N3O8. The number of carbonyl (C=O) groups is 4. The molecular weight excluding hydrogens is 326 g/mol. The van der Waals surface area contributed by atoms with Crippen LogP contribution in [0, 0.1) is 0 Å². The van der Waals surface area contributed by atoms with E-state index in [-0.39, 0.29) is 19.1 Å². The molecule has 0 unspecified atom stereocenters. The summed E-state index contributed by atoms with van der Waals surface area (Å²) in [7, 11) is 0. The second-order valence-electron chi connectivity index (χ2n) is 5.10. The van der Waals surface area contributed by atoms with E-state index in [2.05, 4.69) is 5.32 Å². The van der Waals surface area contributed by atoms with Crippen molar-refractivity contribution in [2.75, 3.05) is 6.61 Å². The minimum absolute atomic E-state index is 0.134. The average molecular weight is 349 g/mol. The molecule has 0 saturated carbocycles. The Balaban J connectivity index is 5.04. The number of hydrogen-bond donors (Lipinski definition) is 6. The molecule has 0 aliphatic carbocycles. The minimum atomic E-state index is -1.84. The molecule has 0 rings (SSSR count).